The van der Waals surface area contributed by atoms with E-state index in [1.165, 1.54) is 14.2 Å². The molecule has 1 aromatic rings. The zero-order valence-electron chi connectivity index (χ0n) is 17.2. The number of rotatable bonds is 6. The third-order valence-electron chi connectivity index (χ3n) is 5.01. The molecule has 1 fully saturated rings. The number of carbonyl (C=O) groups is 2. The van der Waals surface area contributed by atoms with Crippen LogP contribution in [0, 0.1) is 17.8 Å². The maximum Gasteiger partial charge on any atom is 0.252 e. The number of hydrogen-bond acceptors (Lipinski definition) is 4. The van der Waals surface area contributed by atoms with Crippen LogP contribution < -0.4 is 14.8 Å². The number of nitrogens with zero attached hydrogens (tertiary/aromatic N) is 1. The molecule has 150 valence electrons. The Morgan fingerprint density at radius 3 is 2.00 bits per heavy atom. The molecule has 1 aromatic carbocycles. The monoisotopic (exact) mass is 376 g/mol. The van der Waals surface area contributed by atoms with Gasteiger partial charge in [0.1, 0.15) is 17.5 Å². The molecule has 2 rings (SSSR count). The zero-order valence-corrected chi connectivity index (χ0v) is 17.2. The number of carbonyl (C=O) groups excluding carboxylic acids is 2. The molecule has 1 aliphatic heterocycles. The van der Waals surface area contributed by atoms with Crippen molar-refractivity contribution in [3.8, 4) is 11.5 Å². The Kier molecular flexibility index (Phi) is 7.11. The molecule has 0 radical (unpaired) electrons. The SMILES string of the molecule is COc1cc(OC)cc(C(=O)N[C@H](C(=O)N2CC(C)CC(C)C2)C(C)C)c1. The van der Waals surface area contributed by atoms with Crippen molar-refractivity contribution in [3.05, 3.63) is 23.8 Å². The van der Waals surface area contributed by atoms with Gasteiger partial charge in [0.15, 0.2) is 0 Å². The van der Waals surface area contributed by atoms with E-state index in [0.717, 1.165) is 19.5 Å². The minimum atomic E-state index is -0.563. The number of hydrogen-bond donors (Lipinski definition) is 1. The summed E-state index contributed by atoms with van der Waals surface area (Å²) in [4.78, 5) is 27.8. The van der Waals surface area contributed by atoms with Gasteiger partial charge in [0.25, 0.3) is 5.91 Å². The Bertz CT molecular complexity index is 642. The van der Waals surface area contributed by atoms with E-state index in [2.05, 4.69) is 19.2 Å². The third-order valence-corrected chi connectivity index (χ3v) is 5.01. The molecule has 1 aliphatic rings. The van der Waals surface area contributed by atoms with Gasteiger partial charge in [-0.15, -0.1) is 0 Å². The Morgan fingerprint density at radius 1 is 1.04 bits per heavy atom. The van der Waals surface area contributed by atoms with E-state index in [0.29, 0.717) is 28.9 Å². The van der Waals surface area contributed by atoms with E-state index >= 15 is 0 Å². The van der Waals surface area contributed by atoms with Crippen LogP contribution in [0.4, 0.5) is 0 Å². The lowest BCUT2D eigenvalue weighted by molar-refractivity contribution is -0.137. The van der Waals surface area contributed by atoms with Gasteiger partial charge < -0.3 is 19.7 Å². The predicted molar refractivity (Wildman–Crippen MR) is 105 cm³/mol. The maximum absolute atomic E-state index is 13.1. The summed E-state index contributed by atoms with van der Waals surface area (Å²) in [5.74, 6) is 1.69. The molecule has 0 spiro atoms. The summed E-state index contributed by atoms with van der Waals surface area (Å²) in [6.45, 7) is 9.73. The summed E-state index contributed by atoms with van der Waals surface area (Å²) in [7, 11) is 3.07. The molecule has 0 saturated carbocycles. The first-order valence-corrected chi connectivity index (χ1v) is 9.57. The van der Waals surface area contributed by atoms with Crippen LogP contribution in [-0.2, 0) is 4.79 Å². The van der Waals surface area contributed by atoms with Crippen LogP contribution in [0.2, 0.25) is 0 Å². The van der Waals surface area contributed by atoms with Crippen LogP contribution in [0.5, 0.6) is 11.5 Å². The molecule has 1 heterocycles. The van der Waals surface area contributed by atoms with Gasteiger partial charge in [-0.25, -0.2) is 0 Å². The second-order valence-electron chi connectivity index (χ2n) is 7.99. The van der Waals surface area contributed by atoms with Crippen LogP contribution >= 0.6 is 0 Å². The molecular formula is C21H32N2O4. The van der Waals surface area contributed by atoms with Crippen molar-refractivity contribution >= 4 is 11.8 Å². The van der Waals surface area contributed by atoms with Crippen LogP contribution in [0.1, 0.15) is 44.5 Å². The quantitative estimate of drug-likeness (QED) is 0.829. The first kappa shape index (κ1) is 21.1. The molecule has 0 bridgehead atoms. The molecule has 1 saturated heterocycles. The van der Waals surface area contributed by atoms with Crippen molar-refractivity contribution in [1.82, 2.24) is 10.2 Å². The van der Waals surface area contributed by atoms with Crippen LogP contribution in [0.15, 0.2) is 18.2 Å². The molecule has 2 unspecified atom stereocenters. The second kappa shape index (κ2) is 9.11. The number of ether oxygens (including phenoxy) is 2. The molecule has 6 heteroatoms. The van der Waals surface area contributed by atoms with Crippen LogP contribution in [-0.4, -0.2) is 50.1 Å². The van der Waals surface area contributed by atoms with Crippen LogP contribution in [0.3, 0.4) is 0 Å². The highest BCUT2D eigenvalue weighted by Crippen LogP contribution is 2.24. The minimum Gasteiger partial charge on any atom is -0.497 e. The number of nitrogens with one attached hydrogen (secondary N) is 1. The standard InChI is InChI=1S/C21H32N2O4/c1-13(2)19(21(25)23-11-14(3)7-15(4)12-23)22-20(24)16-8-17(26-5)10-18(9-16)27-6/h8-10,13-15,19H,7,11-12H2,1-6H3,(H,22,24)/t14?,15?,19-/m0/s1. The van der Waals surface area contributed by atoms with E-state index in [-0.39, 0.29) is 17.7 Å². The molecule has 1 N–H and O–H groups in total. The number of benzene rings is 1. The fraction of sp³-hybridized carbons (Fsp3) is 0.619. The van der Waals surface area contributed by atoms with Gasteiger partial charge in [0.2, 0.25) is 5.91 Å². The van der Waals surface area contributed by atoms with Crippen molar-refractivity contribution in [2.24, 2.45) is 17.8 Å². The molecular weight excluding hydrogens is 344 g/mol. The summed E-state index contributed by atoms with van der Waals surface area (Å²) in [5, 5.41) is 2.92. The highest BCUT2D eigenvalue weighted by atomic mass is 16.5. The van der Waals surface area contributed by atoms with E-state index in [1.54, 1.807) is 18.2 Å². The Morgan fingerprint density at radius 2 is 1.56 bits per heavy atom. The first-order valence-electron chi connectivity index (χ1n) is 9.57. The summed E-state index contributed by atoms with van der Waals surface area (Å²) in [5.41, 5.74) is 0.407. The number of methoxy groups -OCH3 is 2. The fourth-order valence-corrected chi connectivity index (χ4v) is 3.72. The minimum absolute atomic E-state index is 0.00777. The average Bonchev–Trinajstić information content (AvgIpc) is 2.63. The van der Waals surface area contributed by atoms with Gasteiger partial charge in [0.05, 0.1) is 14.2 Å². The Hall–Kier alpha value is -2.24. The number of piperidine rings is 1. The molecule has 0 aliphatic carbocycles. The van der Waals surface area contributed by atoms with Crippen molar-refractivity contribution in [2.75, 3.05) is 27.3 Å². The molecule has 6 nitrogen and oxygen atoms in total. The summed E-state index contributed by atoms with van der Waals surface area (Å²) in [6.07, 6.45) is 1.13. The van der Waals surface area contributed by atoms with Gasteiger partial charge in [-0.3, -0.25) is 9.59 Å². The van der Waals surface area contributed by atoms with Crippen LogP contribution in [0.25, 0.3) is 0 Å². The molecule has 2 amide bonds. The van der Waals surface area contributed by atoms with E-state index in [4.69, 9.17) is 9.47 Å². The van der Waals surface area contributed by atoms with E-state index in [9.17, 15) is 9.59 Å². The van der Waals surface area contributed by atoms with Gasteiger partial charge in [-0.1, -0.05) is 27.7 Å². The second-order valence-corrected chi connectivity index (χ2v) is 7.99. The van der Waals surface area contributed by atoms with Gasteiger partial charge >= 0.3 is 0 Å². The average molecular weight is 376 g/mol. The van der Waals surface area contributed by atoms with Crippen molar-refractivity contribution in [2.45, 2.75) is 40.2 Å². The largest absolute Gasteiger partial charge is 0.497 e. The third kappa shape index (κ3) is 5.37. The maximum atomic E-state index is 13.1. The highest BCUT2D eigenvalue weighted by molar-refractivity contribution is 5.98. The fourth-order valence-electron chi connectivity index (χ4n) is 3.72. The number of likely N-dealkylation sites (tertiary alicyclic amines) is 1. The van der Waals surface area contributed by atoms with Gasteiger partial charge in [-0.2, -0.15) is 0 Å². The number of amides is 2. The topological polar surface area (TPSA) is 67.9 Å². The summed E-state index contributed by atoms with van der Waals surface area (Å²) >= 11 is 0. The smallest absolute Gasteiger partial charge is 0.252 e. The normalized spacial score (nSPS) is 20.9. The zero-order chi connectivity index (χ0) is 20.1. The van der Waals surface area contributed by atoms with E-state index in [1.807, 2.05) is 18.7 Å². The lowest BCUT2D eigenvalue weighted by Gasteiger charge is -2.37. The van der Waals surface area contributed by atoms with E-state index < -0.39 is 6.04 Å². The van der Waals surface area contributed by atoms with Gasteiger partial charge in [-0.05, 0) is 36.3 Å². The summed E-state index contributed by atoms with van der Waals surface area (Å²) in [6, 6.07) is 4.43. The molecule has 27 heavy (non-hydrogen) atoms. The highest BCUT2D eigenvalue weighted by Gasteiger charge is 2.33. The predicted octanol–water partition coefficient (Wildman–Crippen LogP) is 2.96. The lowest BCUT2D eigenvalue weighted by atomic mass is 9.90. The lowest BCUT2D eigenvalue weighted by Crippen LogP contribution is -2.54. The van der Waals surface area contributed by atoms with Crippen molar-refractivity contribution in [1.29, 1.82) is 0 Å². The Labute approximate surface area is 162 Å². The summed E-state index contributed by atoms with van der Waals surface area (Å²) < 4.78 is 10.5. The Balaban J connectivity index is 2.18. The van der Waals surface area contributed by atoms with Crippen molar-refractivity contribution in [3.63, 3.8) is 0 Å². The van der Waals surface area contributed by atoms with Gasteiger partial charge in [0, 0.05) is 24.7 Å². The first-order chi connectivity index (χ1) is 12.7. The molecule has 0 aromatic heterocycles. The van der Waals surface area contributed by atoms with Crippen molar-refractivity contribution < 1.29 is 19.1 Å². The molecule has 3 atom stereocenters.